The molecule has 4 N–H and O–H groups in total. The van der Waals surface area contributed by atoms with E-state index in [9.17, 15) is 9.59 Å². The van der Waals surface area contributed by atoms with Crippen LogP contribution in [0.4, 0.5) is 0 Å². The maximum Gasteiger partial charge on any atom is 1.00 e. The van der Waals surface area contributed by atoms with Crippen molar-refractivity contribution in [1.82, 2.24) is 0 Å². The van der Waals surface area contributed by atoms with Gasteiger partial charge >= 0.3 is 38.1 Å². The minimum atomic E-state index is -2.42. The number of aliphatic carboxylic acids is 2. The molecule has 0 rings (SSSR count). The third-order valence-corrected chi connectivity index (χ3v) is 1.78. The van der Waals surface area contributed by atoms with E-state index < -0.39 is 22.1 Å². The van der Waals surface area contributed by atoms with Crippen LogP contribution < -0.4 is 23.9 Å². The zero-order valence-corrected chi connectivity index (χ0v) is 9.76. The summed E-state index contributed by atoms with van der Waals surface area (Å²) >= 11 is 6.12. The Morgan fingerprint density at radius 3 is 1.43 bits per heavy atom. The van der Waals surface area contributed by atoms with E-state index in [0.717, 1.165) is 22.6 Å². The standard InChI is InChI=1S/C3H2ClIO4.BH2O3.Li/c4-3(5,1(6)7)2(8)9;2-1(3)4;/h(H,6,7)(H,8,9);2-3H;/q;-1;+1. The van der Waals surface area contributed by atoms with E-state index in [1.807, 2.05) is 0 Å². The summed E-state index contributed by atoms with van der Waals surface area (Å²) < 4.78 is -2.22. The fourth-order valence-corrected chi connectivity index (χ4v) is 0.0915. The van der Waals surface area contributed by atoms with E-state index in [2.05, 4.69) is 0 Å². The topological polar surface area (TPSA) is 138 Å². The van der Waals surface area contributed by atoms with E-state index in [4.69, 9.17) is 36.9 Å². The minimum Gasteiger partial charge on any atom is -0.832 e. The van der Waals surface area contributed by atoms with Gasteiger partial charge in [-0.1, -0.05) is 11.6 Å². The van der Waals surface area contributed by atoms with Gasteiger partial charge in [-0.2, -0.15) is 0 Å². The molecule has 0 aliphatic carbocycles. The average Bonchev–Trinajstić information content (AvgIpc) is 1.85. The molecule has 0 saturated carbocycles. The third-order valence-electron chi connectivity index (χ3n) is 0.537. The molecule has 0 radical (unpaired) electrons. The van der Waals surface area contributed by atoms with Crippen LogP contribution >= 0.6 is 34.2 Å². The van der Waals surface area contributed by atoms with Gasteiger partial charge < -0.3 is 25.3 Å². The Balaban J connectivity index is -0.000000209. The Hall–Kier alpha value is 0.502. The van der Waals surface area contributed by atoms with Gasteiger partial charge in [-0.05, 0) is 22.6 Å². The van der Waals surface area contributed by atoms with Crippen LogP contribution in [0.3, 0.4) is 0 Å². The molecule has 0 heterocycles. The number of hydrogen-bond acceptors (Lipinski definition) is 5. The van der Waals surface area contributed by atoms with Gasteiger partial charge in [0.1, 0.15) is 0 Å². The van der Waals surface area contributed by atoms with Crippen LogP contribution in [0.5, 0.6) is 0 Å². The molecule has 0 fully saturated rings. The number of carboxylic acid groups (broad SMARTS) is 2. The summed E-state index contributed by atoms with van der Waals surface area (Å²) in [6.45, 7) is 0. The van der Waals surface area contributed by atoms with Crippen LogP contribution in [0.2, 0.25) is 0 Å². The van der Waals surface area contributed by atoms with Crippen LogP contribution in [0.15, 0.2) is 0 Å². The van der Waals surface area contributed by atoms with Crippen molar-refractivity contribution in [3.05, 3.63) is 0 Å². The molecular formula is C3H4BClILiO7. The van der Waals surface area contributed by atoms with E-state index in [1.165, 1.54) is 0 Å². The van der Waals surface area contributed by atoms with Gasteiger partial charge in [-0.15, -0.1) is 0 Å². The number of hydrogen-bond donors (Lipinski definition) is 4. The fourth-order valence-electron chi connectivity index (χ4n) is 0.0915. The van der Waals surface area contributed by atoms with Gasteiger partial charge in [0, 0.05) is 0 Å². The zero-order chi connectivity index (χ0) is 11.2. The van der Waals surface area contributed by atoms with Crippen LogP contribution in [0.25, 0.3) is 0 Å². The second-order valence-electron chi connectivity index (χ2n) is 1.51. The molecule has 11 heteroatoms. The summed E-state index contributed by atoms with van der Waals surface area (Å²) in [5, 5.41) is 38.9. The monoisotopic (exact) mass is 332 g/mol. The molecule has 0 aliphatic rings. The molecule has 7 nitrogen and oxygen atoms in total. The predicted octanol–water partition coefficient (Wildman–Crippen LogP) is -5.15. The second-order valence-corrected chi connectivity index (χ2v) is 4.33. The van der Waals surface area contributed by atoms with Crippen molar-refractivity contribution in [1.29, 1.82) is 0 Å². The predicted molar refractivity (Wildman–Crippen MR) is 48.1 cm³/mol. The maximum atomic E-state index is 9.94. The summed E-state index contributed by atoms with van der Waals surface area (Å²) in [6, 6.07) is 0. The summed E-state index contributed by atoms with van der Waals surface area (Å²) in [4.78, 5) is 19.9. The number of rotatable bonds is 2. The maximum absolute atomic E-state index is 9.94. The summed E-state index contributed by atoms with van der Waals surface area (Å²) in [5.74, 6) is -3.14. The Morgan fingerprint density at radius 2 is 1.43 bits per heavy atom. The molecule has 0 spiro atoms. The SMILES string of the molecule is O=C(O)C(Cl)(I)C(=O)O.[Li+].[O-]B(O)O. The third kappa shape index (κ3) is 10.6. The van der Waals surface area contributed by atoms with Crippen LogP contribution in [-0.2, 0) is 9.59 Å². The molecule has 0 atom stereocenters. The summed E-state index contributed by atoms with van der Waals surface area (Å²) in [6.07, 6.45) is 0. The zero-order valence-electron chi connectivity index (χ0n) is 6.85. The van der Waals surface area contributed by atoms with E-state index in [0.29, 0.717) is 0 Å². The molecule has 0 aromatic carbocycles. The number of alkyl halides is 2. The molecule has 14 heavy (non-hydrogen) atoms. The first-order valence-corrected chi connectivity index (χ1v) is 3.94. The van der Waals surface area contributed by atoms with Gasteiger partial charge in [0.25, 0.3) is 2.88 Å². The van der Waals surface area contributed by atoms with Crippen molar-refractivity contribution in [2.75, 3.05) is 0 Å². The second kappa shape index (κ2) is 8.78. The van der Waals surface area contributed by atoms with Crippen molar-refractivity contribution < 1.29 is 53.7 Å². The molecule has 0 aromatic rings. The fraction of sp³-hybridized carbons (Fsp3) is 0.333. The van der Waals surface area contributed by atoms with Gasteiger partial charge in [0.2, 0.25) is 0 Å². The van der Waals surface area contributed by atoms with Crippen molar-refractivity contribution in [3.8, 4) is 0 Å². The quantitative estimate of drug-likeness (QED) is 0.172. The van der Waals surface area contributed by atoms with Crippen LogP contribution in [0, 0.1) is 0 Å². The normalized spacial score (nSPS) is 8.93. The Labute approximate surface area is 110 Å². The first-order valence-electron chi connectivity index (χ1n) is 2.49. The molecule has 0 amide bonds. The number of carbonyl (C=O) groups is 2. The van der Waals surface area contributed by atoms with E-state index in [1.54, 1.807) is 0 Å². The first kappa shape index (κ1) is 20.0. The molecule has 0 bridgehead atoms. The van der Waals surface area contributed by atoms with Gasteiger partial charge in [-0.25, -0.2) is 9.59 Å². The Bertz CT molecular complexity index is 181. The number of carboxylic acids is 2. The van der Waals surface area contributed by atoms with Crippen molar-refractivity contribution in [2.24, 2.45) is 0 Å². The van der Waals surface area contributed by atoms with Gasteiger partial charge in [0.05, 0.1) is 0 Å². The van der Waals surface area contributed by atoms with Gasteiger partial charge in [0.15, 0.2) is 0 Å². The summed E-state index contributed by atoms with van der Waals surface area (Å²) in [7, 11) is -2.42. The van der Waals surface area contributed by atoms with E-state index in [-0.39, 0.29) is 18.9 Å². The largest absolute Gasteiger partial charge is 1.00 e. The Morgan fingerprint density at radius 1 is 1.29 bits per heavy atom. The first-order chi connectivity index (χ1) is 5.62. The van der Waals surface area contributed by atoms with Crippen molar-refractivity contribution in [3.63, 3.8) is 0 Å². The molecule has 0 aliphatic heterocycles. The average molecular weight is 332 g/mol. The molecular weight excluding hydrogens is 328 g/mol. The molecule has 0 saturated heterocycles. The van der Waals surface area contributed by atoms with Crippen LogP contribution in [-0.4, -0.2) is 42.4 Å². The smallest absolute Gasteiger partial charge is 0.832 e. The Kier molecular flexibility index (Phi) is 12.5. The molecule has 0 unspecified atom stereocenters. The minimum absolute atomic E-state index is 0. The van der Waals surface area contributed by atoms with E-state index >= 15 is 0 Å². The van der Waals surface area contributed by atoms with Gasteiger partial charge in [-0.3, -0.25) is 0 Å². The summed E-state index contributed by atoms with van der Waals surface area (Å²) in [5.41, 5.74) is 0. The van der Waals surface area contributed by atoms with Crippen molar-refractivity contribution in [2.45, 2.75) is 2.88 Å². The molecule has 76 valence electrons. The van der Waals surface area contributed by atoms with Crippen LogP contribution in [0.1, 0.15) is 0 Å². The number of halogens is 2. The van der Waals surface area contributed by atoms with Crippen molar-refractivity contribution >= 4 is 53.5 Å². The molecule has 0 aromatic heterocycles.